The normalized spacial score (nSPS) is 33.5. The Morgan fingerprint density at radius 2 is 0.917 bits per heavy atom. The van der Waals surface area contributed by atoms with Crippen molar-refractivity contribution in [3.05, 3.63) is 0 Å². The summed E-state index contributed by atoms with van der Waals surface area (Å²) in [6.07, 6.45) is 0. The molecule has 0 spiro atoms. The first-order valence-electron chi connectivity index (χ1n) is 8.24. The van der Waals surface area contributed by atoms with E-state index in [4.69, 9.17) is 28.4 Å². The zero-order chi connectivity index (χ0) is 17.7. The Morgan fingerprint density at radius 3 is 1.29 bits per heavy atom. The summed E-state index contributed by atoms with van der Waals surface area (Å²) in [7, 11) is 0. The second kappa shape index (κ2) is 13.0. The van der Waals surface area contributed by atoms with Crippen molar-refractivity contribution >= 4 is 31.9 Å². The molecular weight excluding hydrogens is 448 g/mol. The van der Waals surface area contributed by atoms with Crippen LogP contribution in [0.4, 0.5) is 0 Å². The summed E-state index contributed by atoms with van der Waals surface area (Å²) in [5.41, 5.74) is -0.752. The smallest absolute Gasteiger partial charge is 0.0984 e. The molecule has 1 aliphatic heterocycles. The SMILES string of the molecule is C[C@@]1(CBr)COCCOC[C@@](C)(CBr)OCCOCCOCCO1. The third-order valence-electron chi connectivity index (χ3n) is 3.48. The predicted octanol–water partition coefficient (Wildman–Crippen LogP) is 2.41. The molecule has 0 aromatic rings. The number of hydrogen-bond donors (Lipinski definition) is 0. The molecule has 1 rings (SSSR count). The molecule has 1 aliphatic rings. The molecule has 0 radical (unpaired) electrons. The molecule has 2 atom stereocenters. The fraction of sp³-hybridized carbons (Fsp3) is 1.00. The van der Waals surface area contributed by atoms with Crippen LogP contribution in [0.5, 0.6) is 0 Å². The molecule has 0 aromatic heterocycles. The molecule has 0 aliphatic carbocycles. The minimum absolute atomic E-state index is 0.376. The van der Waals surface area contributed by atoms with E-state index >= 15 is 0 Å². The number of hydrogen-bond acceptors (Lipinski definition) is 6. The summed E-state index contributed by atoms with van der Waals surface area (Å²) >= 11 is 6.96. The fourth-order valence-corrected chi connectivity index (χ4v) is 2.60. The third kappa shape index (κ3) is 10.0. The molecule has 144 valence electrons. The van der Waals surface area contributed by atoms with Gasteiger partial charge in [0.25, 0.3) is 0 Å². The lowest BCUT2D eigenvalue weighted by molar-refractivity contribution is -0.114. The zero-order valence-electron chi connectivity index (χ0n) is 14.7. The van der Waals surface area contributed by atoms with Gasteiger partial charge >= 0.3 is 0 Å². The van der Waals surface area contributed by atoms with Gasteiger partial charge in [0.2, 0.25) is 0 Å². The van der Waals surface area contributed by atoms with Crippen LogP contribution in [-0.4, -0.2) is 87.9 Å². The largest absolute Gasteiger partial charge is 0.377 e. The Labute approximate surface area is 162 Å². The average molecular weight is 478 g/mol. The van der Waals surface area contributed by atoms with E-state index in [1.807, 2.05) is 13.8 Å². The average Bonchev–Trinajstić information content (AvgIpc) is 2.59. The van der Waals surface area contributed by atoms with Crippen molar-refractivity contribution in [2.24, 2.45) is 0 Å². The van der Waals surface area contributed by atoms with Crippen LogP contribution in [0.25, 0.3) is 0 Å². The van der Waals surface area contributed by atoms with Gasteiger partial charge in [-0.1, -0.05) is 31.9 Å². The molecule has 1 heterocycles. The first kappa shape index (κ1) is 22.8. The van der Waals surface area contributed by atoms with Crippen molar-refractivity contribution in [2.45, 2.75) is 25.0 Å². The number of halogens is 2. The Kier molecular flexibility index (Phi) is 12.3. The minimum Gasteiger partial charge on any atom is -0.377 e. The highest BCUT2D eigenvalue weighted by molar-refractivity contribution is 9.09. The van der Waals surface area contributed by atoms with Gasteiger partial charge in [-0.15, -0.1) is 0 Å². The fourth-order valence-electron chi connectivity index (χ4n) is 1.95. The van der Waals surface area contributed by atoms with Crippen LogP contribution in [0.1, 0.15) is 13.8 Å². The molecule has 0 aromatic carbocycles. The topological polar surface area (TPSA) is 55.4 Å². The summed E-state index contributed by atoms with van der Waals surface area (Å²) in [6.45, 7) is 9.26. The lowest BCUT2D eigenvalue weighted by atomic mass is 10.1. The number of ether oxygens (including phenoxy) is 6. The van der Waals surface area contributed by atoms with E-state index in [0.717, 1.165) is 0 Å². The summed E-state index contributed by atoms with van der Waals surface area (Å²) < 4.78 is 34.1. The number of alkyl halides is 2. The van der Waals surface area contributed by atoms with Gasteiger partial charge in [0.15, 0.2) is 0 Å². The van der Waals surface area contributed by atoms with Crippen LogP contribution >= 0.6 is 31.9 Å². The van der Waals surface area contributed by atoms with Gasteiger partial charge in [0.05, 0.1) is 77.3 Å². The second-order valence-electron chi connectivity index (χ2n) is 6.19. The Bertz CT molecular complexity index is 293. The van der Waals surface area contributed by atoms with E-state index in [9.17, 15) is 0 Å². The van der Waals surface area contributed by atoms with Gasteiger partial charge in [0.1, 0.15) is 0 Å². The number of rotatable bonds is 2. The van der Waals surface area contributed by atoms with E-state index in [1.54, 1.807) is 0 Å². The highest BCUT2D eigenvalue weighted by Gasteiger charge is 2.25. The molecule has 0 unspecified atom stereocenters. The van der Waals surface area contributed by atoms with Crippen molar-refractivity contribution in [1.82, 2.24) is 0 Å². The lowest BCUT2D eigenvalue weighted by Crippen LogP contribution is -2.39. The first-order chi connectivity index (χ1) is 11.5. The van der Waals surface area contributed by atoms with Crippen molar-refractivity contribution < 1.29 is 28.4 Å². The van der Waals surface area contributed by atoms with Crippen LogP contribution in [0.3, 0.4) is 0 Å². The van der Waals surface area contributed by atoms with Crippen LogP contribution in [0.15, 0.2) is 0 Å². The third-order valence-corrected chi connectivity index (χ3v) is 5.85. The van der Waals surface area contributed by atoms with E-state index in [-0.39, 0.29) is 11.2 Å². The first-order valence-corrected chi connectivity index (χ1v) is 10.5. The quantitative estimate of drug-likeness (QED) is 0.569. The monoisotopic (exact) mass is 476 g/mol. The molecule has 6 nitrogen and oxygen atoms in total. The maximum atomic E-state index is 5.87. The summed E-state index contributed by atoms with van der Waals surface area (Å²) in [5, 5.41) is 1.39. The van der Waals surface area contributed by atoms with Crippen LogP contribution in [-0.2, 0) is 28.4 Å². The van der Waals surface area contributed by atoms with E-state index in [0.29, 0.717) is 76.7 Å². The standard InChI is InChI=1S/C16H30Br2O6/c1-15(11-17)13-21-5-6-22-14-16(2,12-18)24-10-8-20-4-3-19-7-9-23-15/h3-14H2,1-2H3/t15-,16-/m1/s1. The van der Waals surface area contributed by atoms with Gasteiger partial charge in [-0.05, 0) is 13.8 Å². The van der Waals surface area contributed by atoms with Crippen LogP contribution in [0, 0.1) is 0 Å². The van der Waals surface area contributed by atoms with Crippen LogP contribution < -0.4 is 0 Å². The van der Waals surface area contributed by atoms with Crippen molar-refractivity contribution in [3.63, 3.8) is 0 Å². The van der Waals surface area contributed by atoms with Gasteiger partial charge in [-0.2, -0.15) is 0 Å². The molecule has 1 saturated heterocycles. The highest BCUT2D eigenvalue weighted by Crippen LogP contribution is 2.16. The molecular formula is C16H30Br2O6. The van der Waals surface area contributed by atoms with Crippen molar-refractivity contribution in [2.75, 3.05) is 76.7 Å². The van der Waals surface area contributed by atoms with Crippen molar-refractivity contribution in [1.29, 1.82) is 0 Å². The van der Waals surface area contributed by atoms with Gasteiger partial charge in [0, 0.05) is 10.7 Å². The molecule has 8 heteroatoms. The zero-order valence-corrected chi connectivity index (χ0v) is 17.9. The van der Waals surface area contributed by atoms with E-state index < -0.39 is 0 Å². The van der Waals surface area contributed by atoms with Crippen molar-refractivity contribution in [3.8, 4) is 0 Å². The van der Waals surface area contributed by atoms with Gasteiger partial charge in [-0.3, -0.25) is 0 Å². The van der Waals surface area contributed by atoms with Gasteiger partial charge in [-0.25, -0.2) is 0 Å². The van der Waals surface area contributed by atoms with Crippen LogP contribution in [0.2, 0.25) is 0 Å². The Morgan fingerprint density at radius 1 is 0.583 bits per heavy atom. The Hall–Kier alpha value is 0.720. The maximum Gasteiger partial charge on any atom is 0.0984 e. The lowest BCUT2D eigenvalue weighted by Gasteiger charge is -2.29. The molecule has 0 N–H and O–H groups in total. The summed E-state index contributed by atoms with van der Waals surface area (Å²) in [5.74, 6) is 0. The summed E-state index contributed by atoms with van der Waals surface area (Å²) in [4.78, 5) is 0. The summed E-state index contributed by atoms with van der Waals surface area (Å²) in [6, 6.07) is 0. The second-order valence-corrected chi connectivity index (χ2v) is 7.32. The molecule has 0 bridgehead atoms. The van der Waals surface area contributed by atoms with E-state index in [2.05, 4.69) is 31.9 Å². The highest BCUT2D eigenvalue weighted by atomic mass is 79.9. The van der Waals surface area contributed by atoms with E-state index in [1.165, 1.54) is 0 Å². The molecule has 0 saturated carbocycles. The Balaban J connectivity index is 2.44. The minimum atomic E-state index is -0.376. The molecule has 24 heavy (non-hydrogen) atoms. The van der Waals surface area contributed by atoms with Gasteiger partial charge < -0.3 is 28.4 Å². The molecule has 1 fully saturated rings. The molecule has 0 amide bonds. The maximum absolute atomic E-state index is 5.87. The predicted molar refractivity (Wildman–Crippen MR) is 99.6 cm³/mol.